The highest BCUT2D eigenvalue weighted by Crippen LogP contribution is 2.38. The maximum atomic E-state index is 12.6. The van der Waals surface area contributed by atoms with Gasteiger partial charge >= 0.3 is 0 Å². The third-order valence-electron chi connectivity index (χ3n) is 4.64. The maximum Gasteiger partial charge on any atom is 0.264 e. The van der Waals surface area contributed by atoms with Gasteiger partial charge in [0.2, 0.25) is 0 Å². The first kappa shape index (κ1) is 14.0. The van der Waals surface area contributed by atoms with Gasteiger partial charge in [0.15, 0.2) is 0 Å². The van der Waals surface area contributed by atoms with Crippen LogP contribution in [0.1, 0.15) is 16.6 Å². The van der Waals surface area contributed by atoms with Gasteiger partial charge in [0, 0.05) is 31.6 Å². The van der Waals surface area contributed by atoms with Gasteiger partial charge in [0.05, 0.1) is 18.1 Å². The second-order valence-corrected chi connectivity index (χ2v) is 7.16. The molecule has 0 unspecified atom stereocenters. The molecule has 20 heavy (non-hydrogen) atoms. The van der Waals surface area contributed by atoms with Crippen LogP contribution in [0, 0.1) is 11.3 Å². The topological polar surface area (TPSA) is 32.8 Å². The van der Waals surface area contributed by atoms with Gasteiger partial charge < -0.3 is 14.5 Å². The second-order valence-electron chi connectivity index (χ2n) is 6.22. The molecule has 1 aromatic rings. The fourth-order valence-electron chi connectivity index (χ4n) is 3.50. The fourth-order valence-corrected chi connectivity index (χ4v) is 4.19. The van der Waals surface area contributed by atoms with Crippen LogP contribution in [-0.2, 0) is 4.74 Å². The van der Waals surface area contributed by atoms with Crippen molar-refractivity contribution in [2.45, 2.75) is 6.92 Å². The van der Waals surface area contributed by atoms with Crippen LogP contribution in [0.2, 0.25) is 0 Å². The van der Waals surface area contributed by atoms with Crippen molar-refractivity contribution < 1.29 is 9.53 Å². The number of thiophene rings is 1. The second kappa shape index (κ2) is 5.47. The van der Waals surface area contributed by atoms with E-state index < -0.39 is 0 Å². The van der Waals surface area contributed by atoms with Crippen LogP contribution < -0.4 is 0 Å². The van der Waals surface area contributed by atoms with Crippen LogP contribution in [0.5, 0.6) is 0 Å². The summed E-state index contributed by atoms with van der Waals surface area (Å²) in [6.07, 6.45) is 0. The molecule has 0 aromatic carbocycles. The molecular weight excluding hydrogens is 272 g/mol. The van der Waals surface area contributed by atoms with Crippen molar-refractivity contribution >= 4 is 17.2 Å². The van der Waals surface area contributed by atoms with Crippen molar-refractivity contribution in [1.82, 2.24) is 9.80 Å². The summed E-state index contributed by atoms with van der Waals surface area (Å²) >= 11 is 1.52. The van der Waals surface area contributed by atoms with Gasteiger partial charge in [0.25, 0.3) is 5.91 Å². The summed E-state index contributed by atoms with van der Waals surface area (Å²) in [5, 5.41) is 1.96. The SMILES string of the molecule is C[C@@H]1CN(C)C[C@]12COCCN(C(=O)c1cccs1)C2. The van der Waals surface area contributed by atoms with Crippen LogP contribution in [0.15, 0.2) is 17.5 Å². The van der Waals surface area contributed by atoms with Crippen LogP contribution in [0.4, 0.5) is 0 Å². The summed E-state index contributed by atoms with van der Waals surface area (Å²) in [6.45, 7) is 7.32. The average molecular weight is 294 g/mol. The largest absolute Gasteiger partial charge is 0.379 e. The van der Waals surface area contributed by atoms with E-state index in [1.165, 1.54) is 11.3 Å². The quantitative estimate of drug-likeness (QED) is 0.791. The Bertz CT molecular complexity index is 476. The molecule has 1 aromatic heterocycles. The zero-order chi connectivity index (χ0) is 14.2. The zero-order valence-corrected chi connectivity index (χ0v) is 13.0. The first-order chi connectivity index (χ1) is 9.61. The first-order valence-electron chi connectivity index (χ1n) is 7.20. The first-order valence-corrected chi connectivity index (χ1v) is 8.08. The van der Waals surface area contributed by atoms with Crippen molar-refractivity contribution in [3.63, 3.8) is 0 Å². The summed E-state index contributed by atoms with van der Waals surface area (Å²) in [5.74, 6) is 0.718. The van der Waals surface area contributed by atoms with E-state index in [4.69, 9.17) is 4.74 Å². The molecule has 2 aliphatic rings. The molecule has 0 N–H and O–H groups in total. The van der Waals surface area contributed by atoms with Crippen LogP contribution >= 0.6 is 11.3 Å². The summed E-state index contributed by atoms with van der Waals surface area (Å²) < 4.78 is 5.83. The smallest absolute Gasteiger partial charge is 0.264 e. The minimum Gasteiger partial charge on any atom is -0.379 e. The van der Waals surface area contributed by atoms with Crippen molar-refractivity contribution in [1.29, 1.82) is 0 Å². The minimum absolute atomic E-state index is 0.0954. The lowest BCUT2D eigenvalue weighted by Crippen LogP contribution is -2.45. The third-order valence-corrected chi connectivity index (χ3v) is 5.49. The molecule has 4 nitrogen and oxygen atoms in total. The van der Waals surface area contributed by atoms with E-state index in [0.717, 1.165) is 31.1 Å². The van der Waals surface area contributed by atoms with Gasteiger partial charge in [-0.1, -0.05) is 13.0 Å². The fraction of sp³-hybridized carbons (Fsp3) is 0.667. The van der Waals surface area contributed by atoms with Crippen LogP contribution in [0.3, 0.4) is 0 Å². The number of hydrogen-bond acceptors (Lipinski definition) is 4. The van der Waals surface area contributed by atoms with Gasteiger partial charge in [-0.3, -0.25) is 4.79 Å². The average Bonchev–Trinajstić information content (AvgIpc) is 2.96. The molecule has 1 spiro atoms. The standard InChI is InChI=1S/C15H22N2O2S/c1-12-8-16(2)9-15(12)10-17(5-6-19-11-15)14(18)13-4-3-7-20-13/h3-4,7,12H,5-6,8-11H2,1-2H3/t12-,15+/m1/s1. The highest BCUT2D eigenvalue weighted by Gasteiger charge is 2.46. The zero-order valence-electron chi connectivity index (χ0n) is 12.2. The van der Waals surface area contributed by atoms with Crippen molar-refractivity contribution in [2.24, 2.45) is 11.3 Å². The molecule has 5 heteroatoms. The van der Waals surface area contributed by atoms with E-state index >= 15 is 0 Å². The third kappa shape index (κ3) is 2.50. The molecule has 0 aliphatic carbocycles. The Morgan fingerprint density at radius 2 is 2.35 bits per heavy atom. The van der Waals surface area contributed by atoms with E-state index in [2.05, 4.69) is 18.9 Å². The predicted octanol–water partition coefficient (Wildman–Crippen LogP) is 1.79. The van der Waals surface area contributed by atoms with Crippen molar-refractivity contribution in [3.05, 3.63) is 22.4 Å². The van der Waals surface area contributed by atoms with Crippen molar-refractivity contribution in [2.75, 3.05) is 46.4 Å². The van der Waals surface area contributed by atoms with E-state index in [0.29, 0.717) is 19.1 Å². The van der Waals surface area contributed by atoms with Gasteiger partial charge in [0.1, 0.15) is 0 Å². The summed E-state index contributed by atoms with van der Waals surface area (Å²) in [7, 11) is 2.15. The molecule has 2 saturated heterocycles. The van der Waals surface area contributed by atoms with Gasteiger partial charge in [-0.2, -0.15) is 0 Å². The number of hydrogen-bond donors (Lipinski definition) is 0. The molecule has 3 rings (SSSR count). The minimum atomic E-state index is 0.0954. The lowest BCUT2D eigenvalue weighted by atomic mass is 9.79. The number of nitrogens with zero attached hydrogens (tertiary/aromatic N) is 2. The van der Waals surface area contributed by atoms with E-state index in [-0.39, 0.29) is 11.3 Å². The lowest BCUT2D eigenvalue weighted by Gasteiger charge is -2.34. The van der Waals surface area contributed by atoms with E-state index in [1.807, 2.05) is 22.4 Å². The van der Waals surface area contributed by atoms with Gasteiger partial charge in [-0.25, -0.2) is 0 Å². The monoisotopic (exact) mass is 294 g/mol. The number of amides is 1. The number of carbonyl (C=O) groups excluding carboxylic acids is 1. The van der Waals surface area contributed by atoms with Gasteiger partial charge in [-0.05, 0) is 24.4 Å². The number of carbonyl (C=O) groups is 1. The summed E-state index contributed by atoms with van der Waals surface area (Å²) in [4.78, 5) is 17.8. The molecular formula is C15H22N2O2S. The normalized spacial score (nSPS) is 31.7. The van der Waals surface area contributed by atoms with Crippen LogP contribution in [0.25, 0.3) is 0 Å². The molecule has 0 saturated carbocycles. The van der Waals surface area contributed by atoms with Gasteiger partial charge in [-0.15, -0.1) is 11.3 Å². The highest BCUT2D eigenvalue weighted by molar-refractivity contribution is 7.12. The Labute approximate surface area is 124 Å². The Hall–Kier alpha value is -0.910. The molecule has 1 amide bonds. The maximum absolute atomic E-state index is 12.6. The Morgan fingerprint density at radius 1 is 1.50 bits per heavy atom. The van der Waals surface area contributed by atoms with E-state index in [1.54, 1.807) is 0 Å². The predicted molar refractivity (Wildman–Crippen MR) is 80.1 cm³/mol. The Kier molecular flexibility index (Phi) is 3.84. The van der Waals surface area contributed by atoms with E-state index in [9.17, 15) is 4.79 Å². The molecule has 2 aliphatic heterocycles. The molecule has 2 fully saturated rings. The van der Waals surface area contributed by atoms with Crippen molar-refractivity contribution in [3.8, 4) is 0 Å². The Balaban J connectivity index is 1.81. The number of rotatable bonds is 1. The summed E-state index contributed by atoms with van der Waals surface area (Å²) in [5.41, 5.74) is 0.0954. The number of ether oxygens (including phenoxy) is 1. The lowest BCUT2D eigenvalue weighted by molar-refractivity contribution is 0.0491. The molecule has 110 valence electrons. The molecule has 0 radical (unpaired) electrons. The molecule has 0 bridgehead atoms. The number of likely N-dealkylation sites (tertiary alicyclic amines) is 1. The Morgan fingerprint density at radius 3 is 3.00 bits per heavy atom. The highest BCUT2D eigenvalue weighted by atomic mass is 32.1. The summed E-state index contributed by atoms with van der Waals surface area (Å²) in [6, 6.07) is 3.85. The van der Waals surface area contributed by atoms with Crippen LogP contribution in [-0.4, -0.2) is 62.1 Å². The molecule has 2 atom stereocenters. The molecule has 3 heterocycles.